The maximum absolute atomic E-state index is 12.4. The van der Waals surface area contributed by atoms with Crippen molar-refractivity contribution in [1.29, 1.82) is 0 Å². The second kappa shape index (κ2) is 5.74. The fourth-order valence-corrected chi connectivity index (χ4v) is 4.33. The van der Waals surface area contributed by atoms with E-state index in [1.54, 1.807) is 13.0 Å². The van der Waals surface area contributed by atoms with Crippen LogP contribution in [-0.2, 0) is 10.0 Å². The molecular weight excluding hydrogens is 378 g/mol. The molecule has 0 aliphatic rings. The topological polar surface area (TPSA) is 102 Å². The molecule has 112 valence electrons. The molecule has 0 bridgehead atoms. The summed E-state index contributed by atoms with van der Waals surface area (Å²) in [6, 6.07) is 3.01. The van der Waals surface area contributed by atoms with E-state index < -0.39 is 10.0 Å². The van der Waals surface area contributed by atoms with Crippen molar-refractivity contribution in [2.75, 3.05) is 10.5 Å². The van der Waals surface area contributed by atoms with E-state index >= 15 is 0 Å². The molecule has 0 amide bonds. The van der Waals surface area contributed by atoms with E-state index in [2.05, 4.69) is 25.6 Å². The number of carbonyl (C=O) groups is 1. The molecule has 0 saturated heterocycles. The Balaban J connectivity index is 2.38. The standard InChI is InChI=1S/C12H12BrN3O3S2/c1-6-3-8(13)9(14)4-11(6)21(18,19)16-12-15-10(5-20-12)7(2)17/h3-5H,14H2,1-2H3,(H,15,16). The minimum absolute atomic E-state index is 0.0720. The van der Waals surface area contributed by atoms with E-state index in [0.29, 0.717) is 15.7 Å². The van der Waals surface area contributed by atoms with Crippen LogP contribution in [0.3, 0.4) is 0 Å². The van der Waals surface area contributed by atoms with Crippen molar-refractivity contribution in [2.24, 2.45) is 0 Å². The Bertz CT molecular complexity index is 815. The number of rotatable bonds is 4. The number of aryl methyl sites for hydroxylation is 1. The van der Waals surface area contributed by atoms with Crippen molar-refractivity contribution < 1.29 is 13.2 Å². The first kappa shape index (κ1) is 15.9. The Hall–Kier alpha value is -1.45. The molecule has 1 aromatic carbocycles. The van der Waals surface area contributed by atoms with E-state index in [1.165, 1.54) is 18.4 Å². The second-order valence-corrected chi connectivity index (χ2v) is 7.70. The molecule has 3 N–H and O–H groups in total. The zero-order valence-corrected chi connectivity index (χ0v) is 14.4. The van der Waals surface area contributed by atoms with Crippen LogP contribution in [0.5, 0.6) is 0 Å². The van der Waals surface area contributed by atoms with Crippen LogP contribution in [0.4, 0.5) is 10.8 Å². The molecule has 1 aromatic heterocycles. The van der Waals surface area contributed by atoms with Gasteiger partial charge in [-0.15, -0.1) is 11.3 Å². The number of thiazole rings is 1. The summed E-state index contributed by atoms with van der Waals surface area (Å²) >= 11 is 4.29. The summed E-state index contributed by atoms with van der Waals surface area (Å²) in [6.45, 7) is 3.04. The number of halogens is 1. The van der Waals surface area contributed by atoms with Crippen molar-refractivity contribution in [1.82, 2.24) is 4.98 Å². The monoisotopic (exact) mass is 389 g/mol. The van der Waals surface area contributed by atoms with Gasteiger partial charge in [-0.05, 0) is 40.5 Å². The van der Waals surface area contributed by atoms with Gasteiger partial charge >= 0.3 is 0 Å². The van der Waals surface area contributed by atoms with Gasteiger partial charge in [0.05, 0.1) is 4.90 Å². The van der Waals surface area contributed by atoms with Crippen molar-refractivity contribution in [3.05, 3.63) is 33.2 Å². The number of benzene rings is 1. The lowest BCUT2D eigenvalue weighted by Gasteiger charge is -2.10. The SMILES string of the molecule is CC(=O)c1csc(NS(=O)(=O)c2cc(N)c(Br)cc2C)n1. The lowest BCUT2D eigenvalue weighted by atomic mass is 10.2. The number of Topliss-reactive ketones (excluding diaryl/α,β-unsaturated/α-hetero) is 1. The number of nitrogens with zero attached hydrogens (tertiary/aromatic N) is 1. The Morgan fingerprint density at radius 3 is 2.67 bits per heavy atom. The van der Waals surface area contributed by atoms with Crippen molar-refractivity contribution in [2.45, 2.75) is 18.7 Å². The third-order valence-corrected chi connectivity index (χ3v) is 5.72. The maximum Gasteiger partial charge on any atom is 0.264 e. The van der Waals surface area contributed by atoms with Gasteiger partial charge < -0.3 is 5.73 Å². The molecule has 0 atom stereocenters. The van der Waals surface area contributed by atoms with Crippen LogP contribution in [0.15, 0.2) is 26.9 Å². The second-order valence-electron chi connectivity index (χ2n) is 4.34. The molecule has 6 nitrogen and oxygen atoms in total. The highest BCUT2D eigenvalue weighted by atomic mass is 79.9. The number of carbonyl (C=O) groups excluding carboxylic acids is 1. The number of hydrogen-bond acceptors (Lipinski definition) is 6. The number of nitrogens with one attached hydrogen (secondary N) is 1. The van der Waals surface area contributed by atoms with Crippen molar-refractivity contribution in [3.63, 3.8) is 0 Å². The molecule has 2 rings (SSSR count). The lowest BCUT2D eigenvalue weighted by Crippen LogP contribution is -2.15. The van der Waals surface area contributed by atoms with Crippen molar-refractivity contribution in [3.8, 4) is 0 Å². The zero-order valence-electron chi connectivity index (χ0n) is 11.2. The van der Waals surface area contributed by atoms with Gasteiger partial charge in [0.2, 0.25) is 0 Å². The Kier molecular flexibility index (Phi) is 4.35. The van der Waals surface area contributed by atoms with Crippen LogP contribution in [0.1, 0.15) is 23.0 Å². The van der Waals surface area contributed by atoms with Crippen LogP contribution >= 0.6 is 27.3 Å². The van der Waals surface area contributed by atoms with E-state index in [9.17, 15) is 13.2 Å². The van der Waals surface area contributed by atoms with E-state index in [1.807, 2.05) is 0 Å². The summed E-state index contributed by atoms with van der Waals surface area (Å²) < 4.78 is 27.7. The van der Waals surface area contributed by atoms with Gasteiger partial charge in [-0.25, -0.2) is 13.4 Å². The number of sulfonamides is 1. The van der Waals surface area contributed by atoms with Crippen LogP contribution in [0.25, 0.3) is 0 Å². The first-order valence-corrected chi connectivity index (χ1v) is 8.91. The maximum atomic E-state index is 12.4. The fraction of sp³-hybridized carbons (Fsp3) is 0.167. The number of aromatic nitrogens is 1. The molecular formula is C12H12BrN3O3S2. The smallest absolute Gasteiger partial charge is 0.264 e. The van der Waals surface area contributed by atoms with Crippen LogP contribution in [-0.4, -0.2) is 19.2 Å². The first-order valence-electron chi connectivity index (χ1n) is 5.75. The van der Waals surface area contributed by atoms with Crippen molar-refractivity contribution >= 4 is 53.9 Å². The van der Waals surface area contributed by atoms with Crippen LogP contribution in [0.2, 0.25) is 0 Å². The summed E-state index contributed by atoms with van der Waals surface area (Å²) in [5, 5.41) is 1.64. The Morgan fingerprint density at radius 1 is 1.43 bits per heavy atom. The molecule has 0 radical (unpaired) electrons. The molecule has 0 aliphatic heterocycles. The summed E-state index contributed by atoms with van der Waals surface area (Å²) in [7, 11) is -3.81. The predicted octanol–water partition coefficient (Wildman–Crippen LogP) is 2.80. The average Bonchev–Trinajstić information content (AvgIpc) is 2.81. The first-order chi connectivity index (χ1) is 9.70. The van der Waals surface area contributed by atoms with Gasteiger partial charge in [0.25, 0.3) is 10.0 Å². The molecule has 0 unspecified atom stereocenters. The quantitative estimate of drug-likeness (QED) is 0.618. The molecule has 0 saturated carbocycles. The predicted molar refractivity (Wildman–Crippen MR) is 86.2 cm³/mol. The number of nitrogens with two attached hydrogens (primary N) is 1. The van der Waals surface area contributed by atoms with E-state index in [-0.39, 0.29) is 21.5 Å². The van der Waals surface area contributed by atoms with Gasteiger partial charge in [0.15, 0.2) is 10.9 Å². The molecule has 21 heavy (non-hydrogen) atoms. The van der Waals surface area contributed by atoms with Gasteiger partial charge in [0, 0.05) is 22.5 Å². The van der Waals surface area contributed by atoms with Crippen LogP contribution < -0.4 is 10.5 Å². The van der Waals surface area contributed by atoms with Gasteiger partial charge in [-0.3, -0.25) is 9.52 Å². The highest BCUT2D eigenvalue weighted by molar-refractivity contribution is 9.10. The van der Waals surface area contributed by atoms with Gasteiger partial charge in [-0.1, -0.05) is 0 Å². The Morgan fingerprint density at radius 2 is 2.10 bits per heavy atom. The van der Waals surface area contributed by atoms with Crippen LogP contribution in [0, 0.1) is 6.92 Å². The number of anilines is 2. The summed E-state index contributed by atoms with van der Waals surface area (Å²) in [6.07, 6.45) is 0. The molecule has 0 spiro atoms. The largest absolute Gasteiger partial charge is 0.398 e. The molecule has 9 heteroatoms. The van der Waals surface area contributed by atoms with E-state index in [0.717, 1.165) is 11.3 Å². The molecule has 2 aromatic rings. The summed E-state index contributed by atoms with van der Waals surface area (Å²) in [5.74, 6) is -0.222. The number of hydrogen-bond donors (Lipinski definition) is 2. The third-order valence-electron chi connectivity index (χ3n) is 2.67. The highest BCUT2D eigenvalue weighted by Gasteiger charge is 2.20. The molecule has 0 fully saturated rings. The van der Waals surface area contributed by atoms with E-state index in [4.69, 9.17) is 5.73 Å². The van der Waals surface area contributed by atoms with Gasteiger partial charge in [0.1, 0.15) is 5.69 Å². The normalized spacial score (nSPS) is 11.4. The third kappa shape index (κ3) is 3.42. The lowest BCUT2D eigenvalue weighted by molar-refractivity contribution is 0.101. The van der Waals surface area contributed by atoms with Gasteiger partial charge in [-0.2, -0.15) is 0 Å². The number of nitrogen functional groups attached to an aromatic ring is 1. The summed E-state index contributed by atoms with van der Waals surface area (Å²) in [4.78, 5) is 15.2. The summed E-state index contributed by atoms with van der Waals surface area (Å²) in [5.41, 5.74) is 6.82. The Labute approximate surface area is 134 Å². The minimum atomic E-state index is -3.81. The minimum Gasteiger partial charge on any atom is -0.398 e. The number of ketones is 1. The fourth-order valence-electron chi connectivity index (χ4n) is 1.61. The molecule has 1 heterocycles. The zero-order chi connectivity index (χ0) is 15.8. The average molecular weight is 390 g/mol. The molecule has 0 aliphatic carbocycles. The highest BCUT2D eigenvalue weighted by Crippen LogP contribution is 2.28.